The fraction of sp³-hybridized carbons (Fsp3) is 0.300. The molecule has 136 valence electrons. The second-order valence-electron chi connectivity index (χ2n) is 6.82. The van der Waals surface area contributed by atoms with E-state index in [9.17, 15) is 13.6 Å². The molecule has 0 bridgehead atoms. The van der Waals surface area contributed by atoms with Gasteiger partial charge in [0.2, 0.25) is 5.91 Å². The van der Waals surface area contributed by atoms with E-state index in [1.165, 1.54) is 4.90 Å². The van der Waals surface area contributed by atoms with E-state index in [1.807, 2.05) is 44.2 Å². The summed E-state index contributed by atoms with van der Waals surface area (Å²) in [7, 11) is 1.61. The number of benzene rings is 2. The van der Waals surface area contributed by atoms with Crippen molar-refractivity contribution in [1.82, 2.24) is 14.5 Å². The van der Waals surface area contributed by atoms with E-state index in [4.69, 9.17) is 0 Å². The predicted molar refractivity (Wildman–Crippen MR) is 96.9 cm³/mol. The number of rotatable bonds is 5. The van der Waals surface area contributed by atoms with E-state index in [-0.39, 0.29) is 18.3 Å². The Morgan fingerprint density at radius 2 is 1.73 bits per heavy atom. The van der Waals surface area contributed by atoms with E-state index in [2.05, 4.69) is 4.98 Å². The Balaban J connectivity index is 1.90. The zero-order chi connectivity index (χ0) is 18.9. The first-order chi connectivity index (χ1) is 12.3. The van der Waals surface area contributed by atoms with Gasteiger partial charge in [-0.15, -0.1) is 0 Å². The number of carbonyl (C=O) groups is 1. The van der Waals surface area contributed by atoms with E-state index < -0.39 is 12.0 Å². The van der Waals surface area contributed by atoms with Gasteiger partial charge in [-0.25, -0.2) is 4.98 Å². The van der Waals surface area contributed by atoms with Crippen molar-refractivity contribution in [1.29, 1.82) is 0 Å². The van der Waals surface area contributed by atoms with Gasteiger partial charge in [0.15, 0.2) is 0 Å². The Bertz CT molecular complexity index is 919. The van der Waals surface area contributed by atoms with Gasteiger partial charge in [0.25, 0.3) is 0 Å². The van der Waals surface area contributed by atoms with Crippen LogP contribution in [-0.2, 0) is 16.8 Å². The lowest BCUT2D eigenvalue weighted by molar-refractivity contribution is -0.135. The van der Waals surface area contributed by atoms with Crippen LogP contribution in [0.4, 0.5) is 8.78 Å². The molecule has 1 aromatic heterocycles. The van der Waals surface area contributed by atoms with Crippen molar-refractivity contribution in [3.05, 3.63) is 66.0 Å². The van der Waals surface area contributed by atoms with Crippen molar-refractivity contribution < 1.29 is 13.6 Å². The summed E-state index contributed by atoms with van der Waals surface area (Å²) < 4.78 is 28.0. The fourth-order valence-corrected chi connectivity index (χ4v) is 3.16. The third-order valence-corrected chi connectivity index (χ3v) is 4.62. The van der Waals surface area contributed by atoms with Crippen molar-refractivity contribution in [2.24, 2.45) is 0 Å². The summed E-state index contributed by atoms with van der Waals surface area (Å²) in [5.41, 5.74) is 0.961. The van der Waals surface area contributed by atoms with Crippen LogP contribution >= 0.6 is 0 Å². The first-order valence-electron chi connectivity index (χ1n) is 8.37. The van der Waals surface area contributed by atoms with Crippen LogP contribution in [0.15, 0.2) is 54.6 Å². The highest BCUT2D eigenvalue weighted by Gasteiger charge is 2.33. The maximum absolute atomic E-state index is 13.6. The topological polar surface area (TPSA) is 38.1 Å². The lowest BCUT2D eigenvalue weighted by atomic mass is 9.83. The second kappa shape index (κ2) is 6.86. The third kappa shape index (κ3) is 3.19. The van der Waals surface area contributed by atoms with Gasteiger partial charge >= 0.3 is 6.55 Å². The number of nitrogens with zero attached hydrogens (tertiary/aromatic N) is 3. The molecule has 1 amide bonds. The van der Waals surface area contributed by atoms with Gasteiger partial charge < -0.3 is 4.90 Å². The number of carbonyl (C=O) groups excluding carboxylic acids is 1. The maximum atomic E-state index is 13.6. The Labute approximate surface area is 151 Å². The molecule has 0 fully saturated rings. The van der Waals surface area contributed by atoms with Crippen LogP contribution < -0.4 is 0 Å². The minimum absolute atomic E-state index is 0.00805. The molecule has 2 aromatic carbocycles. The number of fused-ring (bicyclic) bond motifs is 1. The van der Waals surface area contributed by atoms with Gasteiger partial charge in [0, 0.05) is 7.05 Å². The standard InChI is InChI=1S/C20H21F2N3O/c1-20(2,14-9-5-4-6-10-14)18(26)24(3)13-17-23-15-11-7-8-12-16(15)25(17)19(21)22/h4-12,19H,13H2,1-3H3. The fourth-order valence-electron chi connectivity index (χ4n) is 3.16. The molecule has 0 atom stereocenters. The monoisotopic (exact) mass is 357 g/mol. The number of alkyl halides is 2. The molecule has 0 aliphatic rings. The number of imidazole rings is 1. The molecular weight excluding hydrogens is 336 g/mol. The van der Waals surface area contributed by atoms with Crippen molar-refractivity contribution in [3.8, 4) is 0 Å². The van der Waals surface area contributed by atoms with Crippen LogP contribution in [-0.4, -0.2) is 27.4 Å². The molecule has 0 saturated heterocycles. The summed E-state index contributed by atoms with van der Waals surface area (Å²) in [5, 5.41) is 0. The summed E-state index contributed by atoms with van der Waals surface area (Å²) in [6.07, 6.45) is 0. The SMILES string of the molecule is CN(Cc1nc2ccccc2n1C(F)F)C(=O)C(C)(C)c1ccccc1. The van der Waals surface area contributed by atoms with Gasteiger partial charge in [0.05, 0.1) is 23.0 Å². The minimum Gasteiger partial charge on any atom is -0.338 e. The molecule has 0 radical (unpaired) electrons. The molecule has 0 N–H and O–H groups in total. The van der Waals surface area contributed by atoms with Crippen LogP contribution in [0.2, 0.25) is 0 Å². The van der Waals surface area contributed by atoms with E-state index in [0.29, 0.717) is 11.0 Å². The number of para-hydroxylation sites is 2. The van der Waals surface area contributed by atoms with Crippen LogP contribution in [0.25, 0.3) is 11.0 Å². The Morgan fingerprint density at radius 1 is 1.12 bits per heavy atom. The smallest absolute Gasteiger partial charge is 0.320 e. The number of likely N-dealkylation sites (N-methyl/N-ethyl adjacent to an activating group) is 1. The normalized spacial score (nSPS) is 11.9. The van der Waals surface area contributed by atoms with Crippen molar-refractivity contribution >= 4 is 16.9 Å². The van der Waals surface area contributed by atoms with Gasteiger partial charge in [-0.05, 0) is 31.5 Å². The number of aromatic nitrogens is 2. The number of amides is 1. The number of halogens is 2. The molecule has 26 heavy (non-hydrogen) atoms. The van der Waals surface area contributed by atoms with Crippen LogP contribution in [0, 0.1) is 0 Å². The summed E-state index contributed by atoms with van der Waals surface area (Å²) in [5.74, 6) is 0.0116. The summed E-state index contributed by atoms with van der Waals surface area (Å²) >= 11 is 0. The molecule has 4 nitrogen and oxygen atoms in total. The molecule has 0 aliphatic heterocycles. The highest BCUT2D eigenvalue weighted by molar-refractivity contribution is 5.87. The highest BCUT2D eigenvalue weighted by atomic mass is 19.3. The van der Waals surface area contributed by atoms with Gasteiger partial charge in [0.1, 0.15) is 5.82 Å². The highest BCUT2D eigenvalue weighted by Crippen LogP contribution is 2.27. The Kier molecular flexibility index (Phi) is 4.76. The number of hydrogen-bond donors (Lipinski definition) is 0. The van der Waals surface area contributed by atoms with E-state index in [1.54, 1.807) is 31.3 Å². The largest absolute Gasteiger partial charge is 0.338 e. The lowest BCUT2D eigenvalue weighted by Gasteiger charge is -2.29. The minimum atomic E-state index is -2.72. The van der Waals surface area contributed by atoms with Crippen LogP contribution in [0.5, 0.6) is 0 Å². The lowest BCUT2D eigenvalue weighted by Crippen LogP contribution is -2.41. The third-order valence-electron chi connectivity index (χ3n) is 4.62. The molecule has 3 aromatic rings. The molecule has 0 unspecified atom stereocenters. The van der Waals surface area contributed by atoms with Crippen molar-refractivity contribution in [3.63, 3.8) is 0 Å². The second-order valence-corrected chi connectivity index (χ2v) is 6.82. The van der Waals surface area contributed by atoms with Gasteiger partial charge in [-0.3, -0.25) is 9.36 Å². The molecule has 0 aliphatic carbocycles. The first-order valence-corrected chi connectivity index (χ1v) is 8.37. The van der Waals surface area contributed by atoms with E-state index in [0.717, 1.165) is 10.1 Å². The first kappa shape index (κ1) is 18.0. The molecule has 3 rings (SSSR count). The molecule has 1 heterocycles. The predicted octanol–water partition coefficient (Wildman–Crippen LogP) is 4.37. The van der Waals surface area contributed by atoms with E-state index >= 15 is 0 Å². The Morgan fingerprint density at radius 3 is 2.38 bits per heavy atom. The van der Waals surface area contributed by atoms with Gasteiger partial charge in [-0.1, -0.05) is 42.5 Å². The van der Waals surface area contributed by atoms with Gasteiger partial charge in [-0.2, -0.15) is 8.78 Å². The van der Waals surface area contributed by atoms with Crippen LogP contribution in [0.1, 0.15) is 31.8 Å². The number of hydrogen-bond acceptors (Lipinski definition) is 2. The molecule has 0 saturated carbocycles. The molecule has 6 heteroatoms. The quantitative estimate of drug-likeness (QED) is 0.680. The molecule has 0 spiro atoms. The zero-order valence-electron chi connectivity index (χ0n) is 15.0. The van der Waals surface area contributed by atoms with Crippen molar-refractivity contribution in [2.75, 3.05) is 7.05 Å². The summed E-state index contributed by atoms with van der Waals surface area (Å²) in [6, 6.07) is 16.2. The van der Waals surface area contributed by atoms with Crippen molar-refractivity contribution in [2.45, 2.75) is 32.4 Å². The Hall–Kier alpha value is -2.76. The average molecular weight is 357 g/mol. The van der Waals surface area contributed by atoms with Crippen LogP contribution in [0.3, 0.4) is 0 Å². The molecular formula is C20H21F2N3O. The maximum Gasteiger partial charge on any atom is 0.320 e. The average Bonchev–Trinajstić information content (AvgIpc) is 2.99. The summed E-state index contributed by atoms with van der Waals surface area (Å²) in [4.78, 5) is 18.7. The summed E-state index contributed by atoms with van der Waals surface area (Å²) in [6.45, 7) is 0.950. The zero-order valence-corrected chi connectivity index (χ0v) is 15.0.